The fourth-order valence-electron chi connectivity index (χ4n) is 3.61. The van der Waals surface area contributed by atoms with Crippen LogP contribution in [-0.2, 0) is 21.9 Å². The van der Waals surface area contributed by atoms with Gasteiger partial charge in [0.2, 0.25) is 21.8 Å². The smallest absolute Gasteiger partial charge is 0.242 e. The highest BCUT2D eigenvalue weighted by molar-refractivity contribution is 7.89. The molecule has 1 aromatic carbocycles. The van der Waals surface area contributed by atoms with Crippen LogP contribution in [0, 0.1) is 5.92 Å². The van der Waals surface area contributed by atoms with E-state index in [1.165, 1.54) is 18.4 Å². The molecule has 0 spiro atoms. The van der Waals surface area contributed by atoms with Gasteiger partial charge in [0.15, 0.2) is 0 Å². The van der Waals surface area contributed by atoms with Crippen molar-refractivity contribution in [2.75, 3.05) is 20.6 Å². The van der Waals surface area contributed by atoms with E-state index in [2.05, 4.69) is 10.3 Å². The van der Waals surface area contributed by atoms with Crippen molar-refractivity contribution < 1.29 is 17.9 Å². The monoisotopic (exact) mass is 443 g/mol. The summed E-state index contributed by atoms with van der Waals surface area (Å²) in [6.07, 6.45) is 1.91. The van der Waals surface area contributed by atoms with E-state index in [1.807, 2.05) is 24.6 Å². The first-order valence-corrected chi connectivity index (χ1v) is 11.4. The SMILES string of the molecule is C[C@@H](Oc1nc(-c2ccc(S(=O)(=O)N(C)C)cc2)cc2ncn(C)c12)C1CNC(=O)C1. The molecule has 2 atom stereocenters. The van der Waals surface area contributed by atoms with Gasteiger partial charge in [-0.25, -0.2) is 22.7 Å². The highest BCUT2D eigenvalue weighted by atomic mass is 32.2. The number of aryl methyl sites for hydroxylation is 1. The number of rotatable bonds is 6. The zero-order chi connectivity index (χ0) is 22.3. The van der Waals surface area contributed by atoms with Gasteiger partial charge in [-0.3, -0.25) is 4.79 Å². The molecule has 3 aromatic rings. The van der Waals surface area contributed by atoms with Gasteiger partial charge in [0.05, 0.1) is 22.4 Å². The van der Waals surface area contributed by atoms with Crippen LogP contribution in [0.3, 0.4) is 0 Å². The van der Waals surface area contributed by atoms with Gasteiger partial charge in [0.1, 0.15) is 11.6 Å². The second-order valence-corrected chi connectivity index (χ2v) is 10.1. The molecule has 31 heavy (non-hydrogen) atoms. The Labute approximate surface area is 181 Å². The fourth-order valence-corrected chi connectivity index (χ4v) is 4.51. The molecule has 164 valence electrons. The molecule has 4 rings (SSSR count). The predicted octanol–water partition coefficient (Wildman–Crippen LogP) is 1.79. The van der Waals surface area contributed by atoms with Gasteiger partial charge in [0, 0.05) is 45.6 Å². The maximum Gasteiger partial charge on any atom is 0.242 e. The number of nitrogens with one attached hydrogen (secondary N) is 1. The Morgan fingerprint density at radius 2 is 1.97 bits per heavy atom. The first-order valence-electron chi connectivity index (χ1n) is 9.95. The molecule has 1 aliphatic heterocycles. The number of imidazole rings is 1. The number of hydrogen-bond acceptors (Lipinski definition) is 6. The molecule has 0 aliphatic carbocycles. The van der Waals surface area contributed by atoms with Crippen molar-refractivity contribution in [2.45, 2.75) is 24.3 Å². The number of aromatic nitrogens is 3. The number of ether oxygens (including phenoxy) is 1. The van der Waals surface area contributed by atoms with E-state index in [1.54, 1.807) is 30.6 Å². The second kappa shape index (κ2) is 7.93. The summed E-state index contributed by atoms with van der Waals surface area (Å²) in [6.45, 7) is 2.51. The Bertz CT molecular complexity index is 1230. The van der Waals surface area contributed by atoms with Crippen molar-refractivity contribution in [2.24, 2.45) is 13.0 Å². The summed E-state index contributed by atoms with van der Waals surface area (Å²) >= 11 is 0. The maximum absolute atomic E-state index is 12.3. The van der Waals surface area contributed by atoms with Crippen molar-refractivity contribution in [1.29, 1.82) is 0 Å². The zero-order valence-corrected chi connectivity index (χ0v) is 18.7. The lowest BCUT2D eigenvalue weighted by Crippen LogP contribution is -2.26. The fraction of sp³-hybridized carbons (Fsp3) is 0.381. The van der Waals surface area contributed by atoms with Crippen LogP contribution in [0.25, 0.3) is 22.3 Å². The third-order valence-corrected chi connectivity index (χ3v) is 7.39. The number of pyridine rings is 1. The Morgan fingerprint density at radius 1 is 1.26 bits per heavy atom. The lowest BCUT2D eigenvalue weighted by Gasteiger charge is -2.20. The third-order valence-electron chi connectivity index (χ3n) is 5.56. The minimum Gasteiger partial charge on any atom is -0.473 e. The quantitative estimate of drug-likeness (QED) is 0.623. The standard InChI is InChI=1S/C21H25N5O4S/c1-13(15-9-19(27)22-11-15)30-21-20-18(23-12-26(20)4)10-17(24-21)14-5-7-16(8-6-14)31(28,29)25(2)3/h5-8,10,12-13,15H,9,11H2,1-4H3,(H,22,27)/t13-,15?/m1/s1. The molecule has 0 bridgehead atoms. The summed E-state index contributed by atoms with van der Waals surface area (Å²) in [5, 5.41) is 2.83. The molecule has 1 saturated heterocycles. The Morgan fingerprint density at radius 3 is 2.58 bits per heavy atom. The summed E-state index contributed by atoms with van der Waals surface area (Å²) in [4.78, 5) is 20.9. The molecule has 10 heteroatoms. The minimum absolute atomic E-state index is 0.0283. The highest BCUT2D eigenvalue weighted by Gasteiger charge is 2.29. The van der Waals surface area contributed by atoms with Crippen molar-refractivity contribution in [3.05, 3.63) is 36.7 Å². The van der Waals surface area contributed by atoms with E-state index in [4.69, 9.17) is 9.72 Å². The maximum atomic E-state index is 12.3. The average Bonchev–Trinajstić information content (AvgIpc) is 3.34. The van der Waals surface area contributed by atoms with Gasteiger partial charge in [-0.05, 0) is 25.1 Å². The number of carbonyl (C=O) groups is 1. The molecule has 1 aliphatic rings. The number of sulfonamides is 1. The Hall–Kier alpha value is -2.98. The predicted molar refractivity (Wildman–Crippen MR) is 116 cm³/mol. The molecular weight excluding hydrogens is 418 g/mol. The summed E-state index contributed by atoms with van der Waals surface area (Å²) < 4.78 is 33.9. The van der Waals surface area contributed by atoms with Crippen LogP contribution < -0.4 is 10.1 Å². The van der Waals surface area contributed by atoms with Crippen molar-refractivity contribution in [3.8, 4) is 17.1 Å². The van der Waals surface area contributed by atoms with Crippen LogP contribution >= 0.6 is 0 Å². The molecule has 1 unspecified atom stereocenters. The molecule has 2 aromatic heterocycles. The van der Waals surface area contributed by atoms with Crippen LogP contribution in [0.5, 0.6) is 5.88 Å². The molecule has 0 saturated carbocycles. The van der Waals surface area contributed by atoms with E-state index < -0.39 is 10.0 Å². The number of carbonyl (C=O) groups excluding carboxylic acids is 1. The van der Waals surface area contributed by atoms with Crippen molar-refractivity contribution >= 4 is 27.0 Å². The second-order valence-electron chi connectivity index (χ2n) is 7.94. The lowest BCUT2D eigenvalue weighted by molar-refractivity contribution is -0.119. The van der Waals surface area contributed by atoms with Gasteiger partial charge >= 0.3 is 0 Å². The van der Waals surface area contributed by atoms with E-state index in [-0.39, 0.29) is 22.8 Å². The van der Waals surface area contributed by atoms with Crippen LogP contribution in [0.15, 0.2) is 41.6 Å². The van der Waals surface area contributed by atoms with E-state index in [0.717, 1.165) is 16.6 Å². The summed E-state index contributed by atoms with van der Waals surface area (Å²) in [7, 11) is 1.36. The summed E-state index contributed by atoms with van der Waals surface area (Å²) in [6, 6.07) is 8.42. The van der Waals surface area contributed by atoms with Crippen LogP contribution in [0.4, 0.5) is 0 Å². The van der Waals surface area contributed by atoms with Crippen LogP contribution in [0.2, 0.25) is 0 Å². The summed E-state index contributed by atoms with van der Waals surface area (Å²) in [5.74, 6) is 0.529. The van der Waals surface area contributed by atoms with Gasteiger partial charge in [0.25, 0.3) is 0 Å². The lowest BCUT2D eigenvalue weighted by atomic mass is 10.0. The molecule has 1 N–H and O–H groups in total. The van der Waals surface area contributed by atoms with Gasteiger partial charge in [-0.15, -0.1) is 0 Å². The molecule has 9 nitrogen and oxygen atoms in total. The highest BCUT2D eigenvalue weighted by Crippen LogP contribution is 2.31. The van der Waals surface area contributed by atoms with Crippen molar-refractivity contribution in [3.63, 3.8) is 0 Å². The van der Waals surface area contributed by atoms with Crippen LogP contribution in [0.1, 0.15) is 13.3 Å². The first kappa shape index (κ1) is 21.3. The molecule has 1 amide bonds. The Kier molecular flexibility index (Phi) is 5.44. The first-order chi connectivity index (χ1) is 14.7. The van der Waals surface area contributed by atoms with E-state index in [9.17, 15) is 13.2 Å². The number of nitrogens with zero attached hydrogens (tertiary/aromatic N) is 4. The number of fused-ring (bicyclic) bond motifs is 1. The summed E-state index contributed by atoms with van der Waals surface area (Å²) in [5.41, 5.74) is 2.86. The van der Waals surface area contributed by atoms with E-state index >= 15 is 0 Å². The van der Waals surface area contributed by atoms with Gasteiger partial charge in [-0.2, -0.15) is 0 Å². The Balaban J connectivity index is 1.70. The number of benzene rings is 1. The number of amides is 1. The van der Waals surface area contributed by atoms with Gasteiger partial charge < -0.3 is 14.6 Å². The molecule has 3 heterocycles. The zero-order valence-electron chi connectivity index (χ0n) is 17.9. The topological polar surface area (TPSA) is 106 Å². The molecule has 0 radical (unpaired) electrons. The average molecular weight is 444 g/mol. The molecule has 1 fully saturated rings. The number of hydrogen-bond donors (Lipinski definition) is 1. The van der Waals surface area contributed by atoms with E-state index in [0.29, 0.717) is 24.5 Å². The molecular formula is C21H25N5O4S. The van der Waals surface area contributed by atoms with Crippen molar-refractivity contribution in [1.82, 2.24) is 24.2 Å². The minimum atomic E-state index is -3.51. The van der Waals surface area contributed by atoms with Gasteiger partial charge in [-0.1, -0.05) is 12.1 Å². The largest absolute Gasteiger partial charge is 0.473 e. The van der Waals surface area contributed by atoms with Crippen LogP contribution in [-0.4, -0.2) is 59.9 Å². The third kappa shape index (κ3) is 4.00. The normalized spacial score (nSPS) is 17.8.